The smallest absolute Gasteiger partial charge is 0.286 e. The fourth-order valence-corrected chi connectivity index (χ4v) is 4.84. The summed E-state index contributed by atoms with van der Waals surface area (Å²) in [6.45, 7) is 4.15. The lowest BCUT2D eigenvalue weighted by molar-refractivity contribution is 0.832. The van der Waals surface area contributed by atoms with Gasteiger partial charge in [0.2, 0.25) is 10.3 Å². The molecule has 7 nitrogen and oxygen atoms in total. The topological polar surface area (TPSA) is 88.3 Å². The van der Waals surface area contributed by atoms with Crippen molar-refractivity contribution in [2.75, 3.05) is 0 Å². The zero-order valence-corrected chi connectivity index (χ0v) is 19.6. The molecule has 1 N–H and O–H groups in total. The summed E-state index contributed by atoms with van der Waals surface area (Å²) >= 11 is 2.80. The highest BCUT2D eigenvalue weighted by molar-refractivity contribution is 7.13. The number of benzene rings is 2. The predicted molar refractivity (Wildman–Crippen MR) is 133 cm³/mol. The van der Waals surface area contributed by atoms with Gasteiger partial charge in [-0.1, -0.05) is 74.5 Å². The van der Waals surface area contributed by atoms with Gasteiger partial charge in [0.05, 0.1) is 17.1 Å². The number of thiazole rings is 2. The SMILES string of the molecule is CC(C)c1csc(N=Nc2c(-c3ccccc3)[nH]n(-c3nc(-c4ccccc4)cs3)c2=O)n1. The monoisotopic (exact) mass is 472 g/mol. The van der Waals surface area contributed by atoms with Gasteiger partial charge >= 0.3 is 5.56 Å². The molecule has 0 atom stereocenters. The molecule has 0 aliphatic carbocycles. The van der Waals surface area contributed by atoms with E-state index in [1.807, 2.05) is 71.4 Å². The highest BCUT2D eigenvalue weighted by atomic mass is 32.1. The molecule has 33 heavy (non-hydrogen) atoms. The molecule has 0 spiro atoms. The zero-order valence-electron chi connectivity index (χ0n) is 18.0. The molecule has 0 aliphatic heterocycles. The number of H-pyrrole nitrogens is 1. The second-order valence-corrected chi connectivity index (χ2v) is 9.31. The quantitative estimate of drug-likeness (QED) is 0.271. The first-order chi connectivity index (χ1) is 16.1. The van der Waals surface area contributed by atoms with Crippen molar-refractivity contribution in [2.45, 2.75) is 19.8 Å². The van der Waals surface area contributed by atoms with Crippen LogP contribution in [-0.2, 0) is 0 Å². The molecule has 0 bridgehead atoms. The van der Waals surface area contributed by atoms with Crippen LogP contribution < -0.4 is 5.56 Å². The van der Waals surface area contributed by atoms with E-state index in [-0.39, 0.29) is 11.2 Å². The molecule has 2 aromatic carbocycles. The number of nitrogens with one attached hydrogen (secondary N) is 1. The lowest BCUT2D eigenvalue weighted by Crippen LogP contribution is -2.13. The van der Waals surface area contributed by atoms with E-state index in [4.69, 9.17) is 0 Å². The van der Waals surface area contributed by atoms with Crippen molar-refractivity contribution in [2.24, 2.45) is 10.2 Å². The Hall–Kier alpha value is -3.69. The molecule has 0 amide bonds. The van der Waals surface area contributed by atoms with E-state index in [9.17, 15) is 4.79 Å². The lowest BCUT2D eigenvalue weighted by atomic mass is 10.1. The summed E-state index contributed by atoms with van der Waals surface area (Å²) in [5, 5.41) is 16.7. The van der Waals surface area contributed by atoms with Gasteiger partial charge in [-0.15, -0.1) is 32.9 Å². The average molecular weight is 473 g/mol. The number of aromatic amines is 1. The standard InChI is InChI=1S/C24H20N6OS2/c1-15(2)18-13-32-23(25-18)28-27-21-20(17-11-7-4-8-12-17)29-30(22(21)31)24-26-19(14-33-24)16-9-5-3-6-10-16/h3-15,29H,1-2H3. The largest absolute Gasteiger partial charge is 0.301 e. The van der Waals surface area contributed by atoms with Crippen LogP contribution in [0.25, 0.3) is 27.6 Å². The van der Waals surface area contributed by atoms with Gasteiger partial charge < -0.3 is 0 Å². The van der Waals surface area contributed by atoms with Gasteiger partial charge in [0.15, 0.2) is 5.69 Å². The number of rotatable bonds is 6. The summed E-state index contributed by atoms with van der Waals surface area (Å²) in [5.74, 6) is 0.304. The van der Waals surface area contributed by atoms with Gasteiger partial charge in [-0.05, 0) is 5.92 Å². The van der Waals surface area contributed by atoms with E-state index in [0.717, 1.165) is 22.5 Å². The molecule has 9 heteroatoms. The fourth-order valence-electron chi connectivity index (χ4n) is 3.25. The second-order valence-electron chi connectivity index (χ2n) is 7.63. The first-order valence-electron chi connectivity index (χ1n) is 10.4. The van der Waals surface area contributed by atoms with Crippen molar-refractivity contribution in [1.82, 2.24) is 19.7 Å². The molecule has 5 aromatic rings. The Balaban J connectivity index is 1.58. The molecule has 0 saturated heterocycles. The average Bonchev–Trinajstić information content (AvgIpc) is 3.58. The van der Waals surface area contributed by atoms with Crippen molar-refractivity contribution in [3.05, 3.63) is 87.5 Å². The molecular formula is C24H20N6OS2. The first-order valence-corrected chi connectivity index (χ1v) is 12.1. The van der Waals surface area contributed by atoms with Crippen LogP contribution in [0.5, 0.6) is 0 Å². The molecule has 0 unspecified atom stereocenters. The van der Waals surface area contributed by atoms with Crippen molar-refractivity contribution >= 4 is 33.5 Å². The van der Waals surface area contributed by atoms with E-state index in [1.54, 1.807) is 0 Å². The Labute approximate surface area is 198 Å². The van der Waals surface area contributed by atoms with Gasteiger partial charge in [0, 0.05) is 21.9 Å². The van der Waals surface area contributed by atoms with Gasteiger partial charge in [-0.3, -0.25) is 9.89 Å². The molecule has 0 saturated carbocycles. The minimum atomic E-state index is -0.313. The van der Waals surface area contributed by atoms with Gasteiger partial charge in [0.25, 0.3) is 0 Å². The first kappa shape index (κ1) is 21.2. The van der Waals surface area contributed by atoms with Crippen LogP contribution in [0.1, 0.15) is 25.5 Å². The third kappa shape index (κ3) is 4.33. The third-order valence-corrected chi connectivity index (χ3v) is 6.59. The van der Waals surface area contributed by atoms with Crippen LogP contribution in [-0.4, -0.2) is 19.7 Å². The predicted octanol–water partition coefficient (Wildman–Crippen LogP) is 6.95. The Morgan fingerprint density at radius 3 is 2.24 bits per heavy atom. The Bertz CT molecular complexity index is 1460. The fraction of sp³-hybridized carbons (Fsp3) is 0.125. The number of hydrogen-bond acceptors (Lipinski definition) is 7. The van der Waals surface area contributed by atoms with Crippen LogP contribution in [0.2, 0.25) is 0 Å². The van der Waals surface area contributed by atoms with Crippen LogP contribution in [0.15, 0.2) is 86.4 Å². The van der Waals surface area contributed by atoms with E-state index in [0.29, 0.717) is 21.9 Å². The summed E-state index contributed by atoms with van der Waals surface area (Å²) in [6, 6.07) is 19.5. The van der Waals surface area contributed by atoms with E-state index >= 15 is 0 Å². The van der Waals surface area contributed by atoms with Crippen LogP contribution >= 0.6 is 22.7 Å². The van der Waals surface area contributed by atoms with Crippen LogP contribution in [0.4, 0.5) is 10.8 Å². The zero-order chi connectivity index (χ0) is 22.8. The maximum Gasteiger partial charge on any atom is 0.301 e. The van der Waals surface area contributed by atoms with E-state index in [1.165, 1.54) is 27.4 Å². The lowest BCUT2D eigenvalue weighted by Gasteiger charge is -1.99. The van der Waals surface area contributed by atoms with Gasteiger partial charge in [0.1, 0.15) is 0 Å². The highest BCUT2D eigenvalue weighted by Gasteiger charge is 2.19. The molecule has 0 aliphatic rings. The molecule has 0 radical (unpaired) electrons. The molecule has 5 rings (SSSR count). The Morgan fingerprint density at radius 1 is 0.879 bits per heavy atom. The summed E-state index contributed by atoms with van der Waals surface area (Å²) in [4.78, 5) is 22.5. The molecular weight excluding hydrogens is 452 g/mol. The Morgan fingerprint density at radius 2 is 1.58 bits per heavy atom. The summed E-state index contributed by atoms with van der Waals surface area (Å²) in [5.41, 5.74) is 4.09. The van der Waals surface area contributed by atoms with Crippen molar-refractivity contribution in [1.29, 1.82) is 0 Å². The Kier molecular flexibility index (Phi) is 5.80. The second kappa shape index (κ2) is 9.05. The molecule has 3 heterocycles. The maximum atomic E-state index is 13.4. The van der Waals surface area contributed by atoms with Crippen LogP contribution in [0.3, 0.4) is 0 Å². The van der Waals surface area contributed by atoms with Crippen molar-refractivity contribution in [3.63, 3.8) is 0 Å². The maximum absolute atomic E-state index is 13.4. The van der Waals surface area contributed by atoms with Gasteiger partial charge in [-0.2, -0.15) is 4.68 Å². The normalized spacial score (nSPS) is 11.6. The van der Waals surface area contributed by atoms with E-state index in [2.05, 4.69) is 39.1 Å². The van der Waals surface area contributed by atoms with Crippen molar-refractivity contribution in [3.8, 4) is 27.6 Å². The third-order valence-electron chi connectivity index (χ3n) is 5.02. The van der Waals surface area contributed by atoms with Gasteiger partial charge in [-0.25, -0.2) is 9.97 Å². The van der Waals surface area contributed by atoms with Crippen molar-refractivity contribution < 1.29 is 0 Å². The number of hydrogen-bond donors (Lipinski definition) is 1. The molecule has 0 fully saturated rings. The minimum absolute atomic E-state index is 0.221. The molecule has 3 aromatic heterocycles. The van der Waals surface area contributed by atoms with Crippen LogP contribution in [0, 0.1) is 0 Å². The molecule has 164 valence electrons. The number of nitrogens with zero attached hydrogens (tertiary/aromatic N) is 5. The summed E-state index contributed by atoms with van der Waals surface area (Å²) in [7, 11) is 0. The number of azo groups is 1. The summed E-state index contributed by atoms with van der Waals surface area (Å²) in [6.07, 6.45) is 0. The minimum Gasteiger partial charge on any atom is -0.286 e. The highest BCUT2D eigenvalue weighted by Crippen LogP contribution is 2.31. The summed E-state index contributed by atoms with van der Waals surface area (Å²) < 4.78 is 1.43. The van der Waals surface area contributed by atoms with E-state index < -0.39 is 0 Å². The number of aromatic nitrogens is 4.